The van der Waals surface area contributed by atoms with Crippen LogP contribution in [0, 0.1) is 23.0 Å². The summed E-state index contributed by atoms with van der Waals surface area (Å²) >= 11 is 0. The van der Waals surface area contributed by atoms with Crippen molar-refractivity contribution in [2.24, 2.45) is 5.92 Å². The van der Waals surface area contributed by atoms with Gasteiger partial charge in [-0.15, -0.1) is 0 Å². The van der Waals surface area contributed by atoms with E-state index in [1.807, 2.05) is 13.8 Å². The highest BCUT2D eigenvalue weighted by molar-refractivity contribution is 5.60. The fourth-order valence-corrected chi connectivity index (χ4v) is 3.09. The van der Waals surface area contributed by atoms with Crippen LogP contribution >= 0.6 is 0 Å². The fourth-order valence-electron chi connectivity index (χ4n) is 3.09. The number of aryl methyl sites for hydroxylation is 1. The van der Waals surface area contributed by atoms with E-state index in [-0.39, 0.29) is 16.7 Å². The average Bonchev–Trinajstić information content (AvgIpc) is 2.58. The smallest absolute Gasteiger partial charge is 0.333 e. The molecule has 0 aromatic carbocycles. The van der Waals surface area contributed by atoms with E-state index in [9.17, 15) is 10.1 Å². The second kappa shape index (κ2) is 6.45. The van der Waals surface area contributed by atoms with Crippen LogP contribution in [0.3, 0.4) is 0 Å². The van der Waals surface area contributed by atoms with Gasteiger partial charge in [0.15, 0.2) is 0 Å². The molecule has 1 aromatic rings. The summed E-state index contributed by atoms with van der Waals surface area (Å²) in [6.45, 7) is 7.98. The molecule has 0 radical (unpaired) electrons. The molecule has 2 unspecified atom stereocenters. The van der Waals surface area contributed by atoms with Crippen molar-refractivity contribution in [2.75, 3.05) is 5.32 Å². The molecule has 21 heavy (non-hydrogen) atoms. The van der Waals surface area contributed by atoms with Crippen molar-refractivity contribution >= 4 is 11.5 Å². The zero-order valence-corrected chi connectivity index (χ0v) is 13.4. The SMILES string of the molecule is Cc1nn(C(C)C)c(NC2CCCC(C)CC2)c1[N+](=O)[O-]. The first-order valence-electron chi connectivity index (χ1n) is 7.90. The molecule has 1 N–H and O–H groups in total. The van der Waals surface area contributed by atoms with E-state index in [2.05, 4.69) is 17.3 Å². The lowest BCUT2D eigenvalue weighted by Gasteiger charge is -2.19. The van der Waals surface area contributed by atoms with E-state index in [0.29, 0.717) is 17.6 Å². The zero-order chi connectivity index (χ0) is 15.6. The Morgan fingerprint density at radius 1 is 1.33 bits per heavy atom. The molecule has 0 saturated heterocycles. The molecule has 1 saturated carbocycles. The summed E-state index contributed by atoms with van der Waals surface area (Å²) in [6, 6.07) is 0.409. The molecule has 118 valence electrons. The molecule has 1 aliphatic rings. The number of anilines is 1. The van der Waals surface area contributed by atoms with E-state index in [0.717, 1.165) is 18.8 Å². The number of nitrogens with zero attached hydrogens (tertiary/aromatic N) is 3. The van der Waals surface area contributed by atoms with E-state index in [1.165, 1.54) is 19.3 Å². The molecule has 1 heterocycles. The number of hydrogen-bond acceptors (Lipinski definition) is 4. The fraction of sp³-hybridized carbons (Fsp3) is 0.800. The lowest BCUT2D eigenvalue weighted by molar-refractivity contribution is -0.384. The van der Waals surface area contributed by atoms with E-state index in [1.54, 1.807) is 11.6 Å². The number of aromatic nitrogens is 2. The highest BCUT2D eigenvalue weighted by atomic mass is 16.6. The summed E-state index contributed by atoms with van der Waals surface area (Å²) in [7, 11) is 0. The average molecular weight is 294 g/mol. The van der Waals surface area contributed by atoms with Crippen molar-refractivity contribution in [1.82, 2.24) is 9.78 Å². The van der Waals surface area contributed by atoms with Crippen LogP contribution in [0.4, 0.5) is 11.5 Å². The minimum absolute atomic E-state index is 0.101. The second-order valence-electron chi connectivity index (χ2n) is 6.53. The van der Waals surface area contributed by atoms with Gasteiger partial charge in [-0.05, 0) is 46.0 Å². The van der Waals surface area contributed by atoms with Crippen molar-refractivity contribution in [3.8, 4) is 0 Å². The third-order valence-electron chi connectivity index (χ3n) is 4.32. The Morgan fingerprint density at radius 3 is 2.67 bits per heavy atom. The summed E-state index contributed by atoms with van der Waals surface area (Å²) in [4.78, 5) is 11.0. The van der Waals surface area contributed by atoms with Gasteiger partial charge in [-0.2, -0.15) is 5.10 Å². The van der Waals surface area contributed by atoms with Gasteiger partial charge in [0.25, 0.3) is 0 Å². The Kier molecular flexibility index (Phi) is 4.85. The monoisotopic (exact) mass is 294 g/mol. The Balaban J connectivity index is 2.27. The molecule has 0 bridgehead atoms. The molecule has 6 heteroatoms. The Bertz CT molecular complexity index is 510. The highest BCUT2D eigenvalue weighted by Gasteiger charge is 2.28. The van der Waals surface area contributed by atoms with Gasteiger partial charge in [-0.25, -0.2) is 4.68 Å². The standard InChI is InChI=1S/C15H26N4O2/c1-10(2)18-15(14(19(20)21)12(4)17-18)16-13-7-5-6-11(3)8-9-13/h10-11,13,16H,5-9H2,1-4H3. The lowest BCUT2D eigenvalue weighted by atomic mass is 10.0. The van der Waals surface area contributed by atoms with Gasteiger partial charge in [-0.3, -0.25) is 10.1 Å². The molecule has 1 aromatic heterocycles. The zero-order valence-electron chi connectivity index (χ0n) is 13.4. The van der Waals surface area contributed by atoms with Gasteiger partial charge in [-0.1, -0.05) is 19.8 Å². The minimum atomic E-state index is -0.317. The Morgan fingerprint density at radius 2 is 2.05 bits per heavy atom. The van der Waals surface area contributed by atoms with Crippen LogP contribution in [0.15, 0.2) is 0 Å². The summed E-state index contributed by atoms with van der Waals surface area (Å²) in [5.74, 6) is 1.33. The number of rotatable bonds is 4. The van der Waals surface area contributed by atoms with E-state index in [4.69, 9.17) is 0 Å². The Hall–Kier alpha value is -1.59. The molecule has 0 spiro atoms. The normalized spacial score (nSPS) is 23.1. The molecule has 2 atom stereocenters. The number of hydrogen-bond donors (Lipinski definition) is 1. The van der Waals surface area contributed by atoms with Crippen LogP contribution in [-0.2, 0) is 0 Å². The van der Waals surface area contributed by atoms with Crippen molar-refractivity contribution in [3.05, 3.63) is 15.8 Å². The molecular weight excluding hydrogens is 268 g/mol. The third-order valence-corrected chi connectivity index (χ3v) is 4.32. The molecule has 0 aliphatic heterocycles. The molecule has 6 nitrogen and oxygen atoms in total. The van der Waals surface area contributed by atoms with Crippen molar-refractivity contribution in [2.45, 2.75) is 71.9 Å². The van der Waals surface area contributed by atoms with Gasteiger partial charge >= 0.3 is 5.69 Å². The maximum atomic E-state index is 11.4. The van der Waals surface area contributed by atoms with E-state index < -0.39 is 0 Å². The van der Waals surface area contributed by atoms with Crippen LogP contribution in [0.5, 0.6) is 0 Å². The first kappa shape index (κ1) is 15.8. The predicted octanol–water partition coefficient (Wildman–Crippen LogP) is 4.06. The number of nitrogens with one attached hydrogen (secondary N) is 1. The summed E-state index contributed by atoms with van der Waals surface area (Å²) in [5.41, 5.74) is 0.610. The van der Waals surface area contributed by atoms with Crippen LogP contribution in [0.1, 0.15) is 64.6 Å². The van der Waals surface area contributed by atoms with Crippen LogP contribution in [0.2, 0.25) is 0 Å². The lowest BCUT2D eigenvalue weighted by Crippen LogP contribution is -2.22. The van der Waals surface area contributed by atoms with Gasteiger partial charge in [0, 0.05) is 12.1 Å². The van der Waals surface area contributed by atoms with Gasteiger partial charge in [0.1, 0.15) is 5.69 Å². The third kappa shape index (κ3) is 3.54. The van der Waals surface area contributed by atoms with Gasteiger partial charge in [0.05, 0.1) is 4.92 Å². The first-order chi connectivity index (χ1) is 9.90. The minimum Gasteiger partial charge on any atom is -0.362 e. The van der Waals surface area contributed by atoms with Crippen molar-refractivity contribution in [1.29, 1.82) is 0 Å². The van der Waals surface area contributed by atoms with Gasteiger partial charge in [0.2, 0.25) is 5.82 Å². The number of nitro groups is 1. The second-order valence-corrected chi connectivity index (χ2v) is 6.53. The first-order valence-corrected chi connectivity index (χ1v) is 7.90. The summed E-state index contributed by atoms with van der Waals surface area (Å²) < 4.78 is 1.75. The van der Waals surface area contributed by atoms with Crippen LogP contribution < -0.4 is 5.32 Å². The molecule has 2 rings (SSSR count). The molecule has 1 aliphatic carbocycles. The maximum absolute atomic E-state index is 11.4. The summed E-state index contributed by atoms with van der Waals surface area (Å²) in [5, 5.41) is 19.1. The topological polar surface area (TPSA) is 73.0 Å². The van der Waals surface area contributed by atoms with E-state index >= 15 is 0 Å². The van der Waals surface area contributed by atoms with Crippen molar-refractivity contribution < 1.29 is 4.92 Å². The van der Waals surface area contributed by atoms with Crippen LogP contribution in [0.25, 0.3) is 0 Å². The van der Waals surface area contributed by atoms with Crippen LogP contribution in [-0.4, -0.2) is 20.7 Å². The van der Waals surface area contributed by atoms with Crippen molar-refractivity contribution in [3.63, 3.8) is 0 Å². The maximum Gasteiger partial charge on any atom is 0.333 e. The Labute approximate surface area is 126 Å². The largest absolute Gasteiger partial charge is 0.362 e. The highest BCUT2D eigenvalue weighted by Crippen LogP contribution is 2.33. The van der Waals surface area contributed by atoms with Gasteiger partial charge < -0.3 is 5.32 Å². The molecular formula is C15H26N4O2. The molecule has 1 fully saturated rings. The predicted molar refractivity (Wildman–Crippen MR) is 83.7 cm³/mol. The quantitative estimate of drug-likeness (QED) is 0.516. The summed E-state index contributed by atoms with van der Waals surface area (Å²) in [6.07, 6.45) is 5.76. The molecule has 0 amide bonds.